The molecule has 0 spiro atoms. The molecular formula is C33H70O6P2. The van der Waals surface area contributed by atoms with Gasteiger partial charge in [0, 0.05) is 0 Å². The lowest BCUT2D eigenvalue weighted by Crippen LogP contribution is -2.17. The highest BCUT2D eigenvalue weighted by atomic mass is 31.2. The van der Waals surface area contributed by atoms with Crippen LogP contribution in [-0.2, 0) is 27.2 Å². The summed E-state index contributed by atoms with van der Waals surface area (Å²) in [4.78, 5) is 0. The van der Waals surface area contributed by atoms with Crippen molar-refractivity contribution in [2.75, 3.05) is 32.3 Å². The second kappa shape index (κ2) is 25.6. The molecule has 248 valence electrons. The molecule has 0 saturated heterocycles. The second-order valence-corrected chi connectivity index (χ2v) is 16.8. The molecule has 6 nitrogen and oxygen atoms in total. The molecule has 4 atom stereocenters. The van der Waals surface area contributed by atoms with Gasteiger partial charge < -0.3 is 18.1 Å². The minimum atomic E-state index is -3.73. The molecule has 0 amide bonds. The van der Waals surface area contributed by atoms with Crippen LogP contribution >= 0.6 is 15.2 Å². The zero-order valence-electron chi connectivity index (χ0n) is 28.5. The maximum absolute atomic E-state index is 14.4. The highest BCUT2D eigenvalue weighted by Crippen LogP contribution is 2.65. The highest BCUT2D eigenvalue weighted by Gasteiger charge is 2.40. The topological polar surface area (TPSA) is 71.1 Å². The monoisotopic (exact) mass is 624 g/mol. The summed E-state index contributed by atoms with van der Waals surface area (Å²) in [6.45, 7) is 18.7. The van der Waals surface area contributed by atoms with Crippen LogP contribution < -0.4 is 0 Å². The Hall–Kier alpha value is 0.300. The van der Waals surface area contributed by atoms with Gasteiger partial charge in [0.2, 0.25) is 0 Å². The van der Waals surface area contributed by atoms with Gasteiger partial charge in [-0.3, -0.25) is 9.13 Å². The third-order valence-corrected chi connectivity index (χ3v) is 13.5. The van der Waals surface area contributed by atoms with E-state index >= 15 is 0 Å². The Morgan fingerprint density at radius 2 is 0.634 bits per heavy atom. The van der Waals surface area contributed by atoms with Crippen LogP contribution in [0.3, 0.4) is 0 Å². The Bertz CT molecular complexity index is 585. The second-order valence-electron chi connectivity index (χ2n) is 12.2. The third kappa shape index (κ3) is 20.0. The molecule has 0 aromatic heterocycles. The van der Waals surface area contributed by atoms with E-state index in [2.05, 4.69) is 55.4 Å². The molecule has 41 heavy (non-hydrogen) atoms. The molecule has 0 fully saturated rings. The molecule has 0 radical (unpaired) electrons. The molecule has 0 N–H and O–H groups in total. The fourth-order valence-electron chi connectivity index (χ4n) is 4.92. The molecule has 0 aromatic carbocycles. The van der Waals surface area contributed by atoms with Crippen LogP contribution in [0.2, 0.25) is 0 Å². The van der Waals surface area contributed by atoms with Crippen LogP contribution in [0, 0.1) is 23.7 Å². The molecule has 0 aliphatic carbocycles. The van der Waals surface area contributed by atoms with Gasteiger partial charge in [-0.15, -0.1) is 0 Å². The van der Waals surface area contributed by atoms with E-state index < -0.39 is 15.2 Å². The molecule has 0 rings (SSSR count). The van der Waals surface area contributed by atoms with Crippen molar-refractivity contribution in [3.63, 3.8) is 0 Å². The summed E-state index contributed by atoms with van der Waals surface area (Å²) in [5.41, 5.74) is 0. The van der Waals surface area contributed by atoms with Crippen LogP contribution in [0.5, 0.6) is 0 Å². The van der Waals surface area contributed by atoms with Gasteiger partial charge in [0.25, 0.3) is 0 Å². The molecule has 0 aromatic rings. The van der Waals surface area contributed by atoms with E-state index in [0.29, 0.717) is 50.1 Å². The largest absolute Gasteiger partial charge is 0.342 e. The van der Waals surface area contributed by atoms with Gasteiger partial charge >= 0.3 is 15.2 Å². The molecule has 0 aliphatic rings. The van der Waals surface area contributed by atoms with Gasteiger partial charge in [-0.1, -0.05) is 132 Å². The van der Waals surface area contributed by atoms with E-state index in [9.17, 15) is 9.13 Å². The van der Waals surface area contributed by atoms with E-state index in [1.807, 2.05) is 0 Å². The SMILES string of the molecule is CCCCC(CC)COP(=O)(CP(=O)(OCC(CC)CCCC)OCC(CC)CCCC)OCC(CC)CCCC. The molecule has 0 aliphatic heterocycles. The summed E-state index contributed by atoms with van der Waals surface area (Å²) in [6.07, 6.45) is 16.8. The first-order valence-corrected chi connectivity index (χ1v) is 20.9. The van der Waals surface area contributed by atoms with Crippen molar-refractivity contribution in [1.29, 1.82) is 0 Å². The smallest absolute Gasteiger partial charge is 0.308 e. The lowest BCUT2D eigenvalue weighted by atomic mass is 10.0. The Kier molecular flexibility index (Phi) is 25.8. The first-order valence-electron chi connectivity index (χ1n) is 17.4. The molecule has 0 heterocycles. The Morgan fingerprint density at radius 3 is 0.805 bits per heavy atom. The molecular weight excluding hydrogens is 554 g/mol. The highest BCUT2D eigenvalue weighted by molar-refractivity contribution is 7.71. The minimum Gasteiger partial charge on any atom is -0.308 e. The summed E-state index contributed by atoms with van der Waals surface area (Å²) < 4.78 is 53.5. The van der Waals surface area contributed by atoms with Crippen LogP contribution in [0.25, 0.3) is 0 Å². The van der Waals surface area contributed by atoms with Crippen LogP contribution in [-0.4, -0.2) is 32.3 Å². The van der Waals surface area contributed by atoms with Crippen molar-refractivity contribution in [2.45, 2.75) is 158 Å². The van der Waals surface area contributed by atoms with Crippen molar-refractivity contribution in [3.05, 3.63) is 0 Å². The van der Waals surface area contributed by atoms with E-state index in [1.165, 1.54) is 0 Å². The van der Waals surface area contributed by atoms with E-state index in [4.69, 9.17) is 18.1 Å². The first-order chi connectivity index (χ1) is 19.7. The Balaban J connectivity index is 5.97. The molecule has 4 unspecified atom stereocenters. The summed E-state index contributed by atoms with van der Waals surface area (Å²) >= 11 is 0. The summed E-state index contributed by atoms with van der Waals surface area (Å²) in [5, 5.41) is 0. The standard InChI is InChI=1S/C33H70O6P2/c1-9-17-21-30(13-5)25-36-40(34,37-26-31(14-6)22-18-10-2)29-41(35,38-27-32(15-7)23-19-11-3)39-28-33(16-8)24-20-12-4/h30-33H,9-29H2,1-8H3. The first kappa shape index (κ1) is 41.3. The third-order valence-electron chi connectivity index (χ3n) is 8.55. The Morgan fingerprint density at radius 1 is 0.415 bits per heavy atom. The minimum absolute atomic E-state index is 0.298. The van der Waals surface area contributed by atoms with Gasteiger partial charge in [0.05, 0.1) is 26.4 Å². The van der Waals surface area contributed by atoms with Crippen molar-refractivity contribution < 1.29 is 27.2 Å². The molecule has 0 bridgehead atoms. The zero-order valence-corrected chi connectivity index (χ0v) is 30.3. The van der Waals surface area contributed by atoms with Crippen LogP contribution in [0.4, 0.5) is 0 Å². The van der Waals surface area contributed by atoms with E-state index in [0.717, 1.165) is 103 Å². The fraction of sp³-hybridized carbons (Fsp3) is 1.00. The van der Waals surface area contributed by atoms with Crippen molar-refractivity contribution >= 4 is 15.2 Å². The summed E-state index contributed by atoms with van der Waals surface area (Å²) in [7, 11) is -7.46. The van der Waals surface area contributed by atoms with E-state index in [-0.39, 0.29) is 5.90 Å². The maximum Gasteiger partial charge on any atom is 0.342 e. The van der Waals surface area contributed by atoms with Crippen molar-refractivity contribution in [2.24, 2.45) is 23.7 Å². The summed E-state index contributed by atoms with van der Waals surface area (Å²) in [5.74, 6) is 0.891. The molecule has 0 saturated carbocycles. The lowest BCUT2D eigenvalue weighted by Gasteiger charge is -2.28. The predicted molar refractivity (Wildman–Crippen MR) is 177 cm³/mol. The van der Waals surface area contributed by atoms with Crippen molar-refractivity contribution in [3.8, 4) is 0 Å². The quantitative estimate of drug-likeness (QED) is 0.0740. The fourth-order valence-corrected chi connectivity index (χ4v) is 9.82. The molecule has 8 heteroatoms. The van der Waals surface area contributed by atoms with Gasteiger partial charge in [-0.25, -0.2) is 0 Å². The van der Waals surface area contributed by atoms with Gasteiger partial charge in [0.1, 0.15) is 0 Å². The van der Waals surface area contributed by atoms with Crippen molar-refractivity contribution in [1.82, 2.24) is 0 Å². The van der Waals surface area contributed by atoms with Crippen LogP contribution in [0.1, 0.15) is 158 Å². The average molecular weight is 625 g/mol. The Labute approximate surface area is 256 Å². The average Bonchev–Trinajstić information content (AvgIpc) is 2.97. The number of hydrogen-bond acceptors (Lipinski definition) is 6. The maximum atomic E-state index is 14.4. The summed E-state index contributed by atoms with van der Waals surface area (Å²) in [6, 6.07) is 0. The normalized spacial score (nSPS) is 18.0. The van der Waals surface area contributed by atoms with Gasteiger partial charge in [-0.05, 0) is 49.4 Å². The lowest BCUT2D eigenvalue weighted by molar-refractivity contribution is 0.140. The number of hydrogen-bond donors (Lipinski definition) is 0. The van der Waals surface area contributed by atoms with E-state index in [1.54, 1.807) is 0 Å². The van der Waals surface area contributed by atoms with Gasteiger partial charge in [0.15, 0.2) is 5.90 Å². The van der Waals surface area contributed by atoms with Crippen LogP contribution in [0.15, 0.2) is 0 Å². The predicted octanol–water partition coefficient (Wildman–Crippen LogP) is 12.3. The van der Waals surface area contributed by atoms with Gasteiger partial charge in [-0.2, -0.15) is 0 Å². The number of unbranched alkanes of at least 4 members (excludes halogenated alkanes) is 4. The number of rotatable bonds is 30. The zero-order chi connectivity index (χ0) is 31.0.